The molecule has 1 aromatic carbocycles. The molecule has 1 rings (SSSR count). The quantitative estimate of drug-likeness (QED) is 0.750. The summed E-state index contributed by atoms with van der Waals surface area (Å²) in [7, 11) is 0. The molecule has 14 heavy (non-hydrogen) atoms. The zero-order chi connectivity index (χ0) is 10.4. The fourth-order valence-electron chi connectivity index (χ4n) is 1.09. The van der Waals surface area contributed by atoms with Gasteiger partial charge >= 0.3 is 5.97 Å². The summed E-state index contributed by atoms with van der Waals surface area (Å²) in [6.07, 6.45) is 1.88. The van der Waals surface area contributed by atoms with Gasteiger partial charge in [-0.05, 0) is 17.7 Å². The number of hydrogen-bond acceptors (Lipinski definition) is 2. The van der Waals surface area contributed by atoms with Crippen molar-refractivity contribution in [3.05, 3.63) is 36.4 Å². The highest BCUT2D eigenvalue weighted by molar-refractivity contribution is 5.67. The summed E-state index contributed by atoms with van der Waals surface area (Å²) in [5, 5.41) is 11.5. The van der Waals surface area contributed by atoms with Crippen molar-refractivity contribution in [3.8, 4) is 0 Å². The van der Waals surface area contributed by atoms with Crippen molar-refractivity contribution in [2.24, 2.45) is 0 Å². The molecule has 1 aromatic rings. The summed E-state index contributed by atoms with van der Waals surface area (Å²) in [5.41, 5.74) is 1.94. The standard InChI is InChI=1S/C11H13NO2/c1-2-9-4-3-5-10(8-9)12-7-6-11(13)14/h2-5,8,12H,1,6-7H2,(H,13,14). The second-order valence-corrected chi connectivity index (χ2v) is 2.90. The van der Waals surface area contributed by atoms with Crippen LogP contribution in [0.25, 0.3) is 6.08 Å². The Morgan fingerprint density at radius 2 is 2.36 bits per heavy atom. The Kier molecular flexibility index (Phi) is 3.73. The van der Waals surface area contributed by atoms with Crippen LogP contribution < -0.4 is 5.32 Å². The van der Waals surface area contributed by atoms with Crippen LogP contribution in [0.2, 0.25) is 0 Å². The predicted octanol–water partition coefficient (Wildman–Crippen LogP) is 2.22. The van der Waals surface area contributed by atoms with E-state index in [0.717, 1.165) is 11.3 Å². The van der Waals surface area contributed by atoms with Gasteiger partial charge in [0.1, 0.15) is 0 Å². The number of carboxylic acid groups (broad SMARTS) is 1. The van der Waals surface area contributed by atoms with Gasteiger partial charge in [-0.3, -0.25) is 4.79 Å². The van der Waals surface area contributed by atoms with Crippen molar-refractivity contribution < 1.29 is 9.90 Å². The Bertz CT molecular complexity index is 334. The van der Waals surface area contributed by atoms with E-state index in [1.807, 2.05) is 24.3 Å². The normalized spacial score (nSPS) is 9.43. The van der Waals surface area contributed by atoms with Gasteiger partial charge in [0.05, 0.1) is 6.42 Å². The fourth-order valence-corrected chi connectivity index (χ4v) is 1.09. The molecule has 0 spiro atoms. The molecule has 2 N–H and O–H groups in total. The number of rotatable bonds is 5. The van der Waals surface area contributed by atoms with Gasteiger partial charge in [0.2, 0.25) is 0 Å². The summed E-state index contributed by atoms with van der Waals surface area (Å²) >= 11 is 0. The van der Waals surface area contributed by atoms with E-state index in [2.05, 4.69) is 11.9 Å². The molecular weight excluding hydrogens is 178 g/mol. The lowest BCUT2D eigenvalue weighted by Crippen LogP contribution is -2.07. The molecule has 0 amide bonds. The molecule has 0 bridgehead atoms. The van der Waals surface area contributed by atoms with Crippen molar-refractivity contribution in [2.75, 3.05) is 11.9 Å². The van der Waals surface area contributed by atoms with Crippen LogP contribution in [0.1, 0.15) is 12.0 Å². The first-order chi connectivity index (χ1) is 6.72. The highest BCUT2D eigenvalue weighted by atomic mass is 16.4. The first-order valence-corrected chi connectivity index (χ1v) is 4.40. The number of nitrogens with one attached hydrogen (secondary N) is 1. The fraction of sp³-hybridized carbons (Fsp3) is 0.182. The van der Waals surface area contributed by atoms with E-state index in [1.54, 1.807) is 6.08 Å². The summed E-state index contributed by atoms with van der Waals surface area (Å²) in [6.45, 7) is 4.10. The number of hydrogen-bond donors (Lipinski definition) is 2. The molecule has 0 saturated carbocycles. The Hall–Kier alpha value is -1.77. The van der Waals surface area contributed by atoms with Gasteiger partial charge < -0.3 is 10.4 Å². The van der Waals surface area contributed by atoms with Crippen LogP contribution in [0.4, 0.5) is 5.69 Å². The molecule has 0 aliphatic heterocycles. The maximum atomic E-state index is 10.3. The molecular formula is C11H13NO2. The number of anilines is 1. The summed E-state index contributed by atoms with van der Waals surface area (Å²) < 4.78 is 0. The Morgan fingerprint density at radius 1 is 1.57 bits per heavy atom. The van der Waals surface area contributed by atoms with Gasteiger partial charge in [-0.25, -0.2) is 0 Å². The van der Waals surface area contributed by atoms with E-state index in [-0.39, 0.29) is 6.42 Å². The van der Waals surface area contributed by atoms with E-state index in [4.69, 9.17) is 5.11 Å². The van der Waals surface area contributed by atoms with Crippen LogP contribution >= 0.6 is 0 Å². The molecule has 0 fully saturated rings. The third-order valence-corrected chi connectivity index (χ3v) is 1.79. The predicted molar refractivity (Wildman–Crippen MR) is 57.3 cm³/mol. The van der Waals surface area contributed by atoms with Crippen molar-refractivity contribution in [2.45, 2.75) is 6.42 Å². The number of benzene rings is 1. The Morgan fingerprint density at radius 3 is 3.00 bits per heavy atom. The minimum absolute atomic E-state index is 0.123. The minimum atomic E-state index is -0.794. The molecule has 0 radical (unpaired) electrons. The first kappa shape index (κ1) is 10.3. The lowest BCUT2D eigenvalue weighted by Gasteiger charge is -2.04. The van der Waals surface area contributed by atoms with Crippen LogP contribution in [0.3, 0.4) is 0 Å². The van der Waals surface area contributed by atoms with Crippen molar-refractivity contribution in [1.29, 1.82) is 0 Å². The summed E-state index contributed by atoms with van der Waals surface area (Å²) in [4.78, 5) is 10.3. The maximum Gasteiger partial charge on any atom is 0.305 e. The number of carbonyl (C=O) groups is 1. The lowest BCUT2D eigenvalue weighted by molar-refractivity contribution is -0.136. The molecule has 0 heterocycles. The zero-order valence-electron chi connectivity index (χ0n) is 7.86. The molecule has 3 nitrogen and oxygen atoms in total. The Balaban J connectivity index is 2.50. The second-order valence-electron chi connectivity index (χ2n) is 2.90. The SMILES string of the molecule is C=Cc1cccc(NCCC(=O)O)c1. The van der Waals surface area contributed by atoms with Gasteiger partial charge in [0.25, 0.3) is 0 Å². The van der Waals surface area contributed by atoms with Crippen molar-refractivity contribution in [1.82, 2.24) is 0 Å². The van der Waals surface area contributed by atoms with E-state index in [0.29, 0.717) is 6.54 Å². The van der Waals surface area contributed by atoms with Crippen molar-refractivity contribution >= 4 is 17.7 Å². The van der Waals surface area contributed by atoms with Gasteiger partial charge in [-0.2, -0.15) is 0 Å². The van der Waals surface area contributed by atoms with Crippen LogP contribution in [0, 0.1) is 0 Å². The van der Waals surface area contributed by atoms with Gasteiger partial charge in [0.15, 0.2) is 0 Å². The summed E-state index contributed by atoms with van der Waals surface area (Å²) in [6, 6.07) is 7.67. The zero-order valence-corrected chi connectivity index (χ0v) is 7.86. The first-order valence-electron chi connectivity index (χ1n) is 4.40. The molecule has 0 aromatic heterocycles. The molecule has 0 atom stereocenters. The smallest absolute Gasteiger partial charge is 0.305 e. The van der Waals surface area contributed by atoms with Crippen LogP contribution in [-0.2, 0) is 4.79 Å². The number of carboxylic acids is 1. The molecule has 3 heteroatoms. The van der Waals surface area contributed by atoms with E-state index >= 15 is 0 Å². The maximum absolute atomic E-state index is 10.3. The summed E-state index contributed by atoms with van der Waals surface area (Å²) in [5.74, 6) is -0.794. The molecule has 0 aliphatic rings. The number of aliphatic carboxylic acids is 1. The second kappa shape index (κ2) is 5.07. The van der Waals surface area contributed by atoms with Gasteiger partial charge in [0, 0.05) is 12.2 Å². The average molecular weight is 191 g/mol. The lowest BCUT2D eigenvalue weighted by atomic mass is 10.2. The van der Waals surface area contributed by atoms with Crippen LogP contribution in [0.5, 0.6) is 0 Å². The molecule has 0 saturated heterocycles. The van der Waals surface area contributed by atoms with Crippen LogP contribution in [0.15, 0.2) is 30.8 Å². The largest absolute Gasteiger partial charge is 0.481 e. The van der Waals surface area contributed by atoms with E-state index < -0.39 is 5.97 Å². The highest BCUT2D eigenvalue weighted by Crippen LogP contribution is 2.11. The van der Waals surface area contributed by atoms with Crippen molar-refractivity contribution in [3.63, 3.8) is 0 Å². The molecule has 74 valence electrons. The topological polar surface area (TPSA) is 49.3 Å². The highest BCUT2D eigenvalue weighted by Gasteiger charge is 1.96. The average Bonchev–Trinajstić information content (AvgIpc) is 2.18. The van der Waals surface area contributed by atoms with E-state index in [1.165, 1.54) is 0 Å². The van der Waals surface area contributed by atoms with E-state index in [9.17, 15) is 4.79 Å². The van der Waals surface area contributed by atoms with Gasteiger partial charge in [-0.1, -0.05) is 24.8 Å². The monoisotopic (exact) mass is 191 g/mol. The third-order valence-electron chi connectivity index (χ3n) is 1.79. The van der Waals surface area contributed by atoms with Gasteiger partial charge in [-0.15, -0.1) is 0 Å². The molecule has 0 aliphatic carbocycles. The van der Waals surface area contributed by atoms with Crippen LogP contribution in [-0.4, -0.2) is 17.6 Å². The minimum Gasteiger partial charge on any atom is -0.481 e. The third kappa shape index (κ3) is 3.31. The Labute approximate surface area is 83.1 Å². The molecule has 0 unspecified atom stereocenters.